The number of aromatic nitrogens is 4. The molecule has 0 aromatic carbocycles. The number of pyridine rings is 1. The van der Waals surface area contributed by atoms with Gasteiger partial charge < -0.3 is 0 Å². The van der Waals surface area contributed by atoms with Crippen molar-refractivity contribution in [1.29, 1.82) is 0 Å². The first-order chi connectivity index (χ1) is 7.65. The molecule has 82 valence electrons. The highest BCUT2D eigenvalue weighted by atomic mass is 35.5. The van der Waals surface area contributed by atoms with Crippen molar-refractivity contribution < 1.29 is 4.79 Å². The summed E-state index contributed by atoms with van der Waals surface area (Å²) in [4.78, 5) is 19.5. The Bertz CT molecular complexity index is 524. The molecule has 0 unspecified atom stereocenters. The maximum Gasteiger partial charge on any atom is 0.276 e. The van der Waals surface area contributed by atoms with E-state index in [1.807, 2.05) is 0 Å². The Morgan fingerprint density at radius 1 is 1.44 bits per heavy atom. The number of nitrogens with one attached hydrogen (secondary N) is 2. The summed E-state index contributed by atoms with van der Waals surface area (Å²) in [6, 6.07) is 4.80. The highest BCUT2D eigenvalue weighted by Crippen LogP contribution is 2.06. The van der Waals surface area contributed by atoms with E-state index in [4.69, 9.17) is 11.6 Å². The SMILES string of the molecule is Cc1nc(NC(=O)c2cccc(Cl)n2)n[nH]1. The molecule has 1 amide bonds. The molecule has 7 heteroatoms. The molecule has 2 rings (SSSR count). The number of hydrogen-bond donors (Lipinski definition) is 2. The lowest BCUT2D eigenvalue weighted by Crippen LogP contribution is -2.14. The topological polar surface area (TPSA) is 83.6 Å². The maximum atomic E-state index is 11.6. The largest absolute Gasteiger partial charge is 0.288 e. The molecule has 0 bridgehead atoms. The molecule has 0 aliphatic carbocycles. The first-order valence-corrected chi connectivity index (χ1v) is 4.86. The van der Waals surface area contributed by atoms with E-state index < -0.39 is 5.91 Å². The van der Waals surface area contributed by atoms with E-state index in [-0.39, 0.29) is 16.8 Å². The minimum Gasteiger partial charge on any atom is -0.288 e. The van der Waals surface area contributed by atoms with Gasteiger partial charge in [-0.1, -0.05) is 17.7 Å². The van der Waals surface area contributed by atoms with E-state index in [2.05, 4.69) is 25.5 Å². The summed E-state index contributed by atoms with van der Waals surface area (Å²) >= 11 is 5.67. The van der Waals surface area contributed by atoms with Gasteiger partial charge in [-0.25, -0.2) is 4.98 Å². The number of H-pyrrole nitrogens is 1. The number of hydrogen-bond acceptors (Lipinski definition) is 4. The molecule has 2 N–H and O–H groups in total. The minimum absolute atomic E-state index is 0.212. The fourth-order valence-electron chi connectivity index (χ4n) is 1.10. The normalized spacial score (nSPS) is 10.1. The van der Waals surface area contributed by atoms with Crippen molar-refractivity contribution in [3.63, 3.8) is 0 Å². The monoisotopic (exact) mass is 237 g/mol. The van der Waals surface area contributed by atoms with Crippen LogP contribution in [0.25, 0.3) is 0 Å². The van der Waals surface area contributed by atoms with Crippen molar-refractivity contribution in [2.45, 2.75) is 6.92 Å². The number of nitrogens with zero attached hydrogens (tertiary/aromatic N) is 3. The number of aryl methyl sites for hydroxylation is 1. The number of rotatable bonds is 2. The van der Waals surface area contributed by atoms with Gasteiger partial charge in [-0.3, -0.25) is 15.2 Å². The van der Waals surface area contributed by atoms with Crippen LogP contribution in [0, 0.1) is 6.92 Å². The number of halogens is 1. The third-order valence-electron chi connectivity index (χ3n) is 1.77. The van der Waals surface area contributed by atoms with Crippen LogP contribution in [0.4, 0.5) is 5.95 Å². The molecule has 2 aromatic heterocycles. The Labute approximate surface area is 96.1 Å². The second kappa shape index (κ2) is 4.28. The molecule has 6 nitrogen and oxygen atoms in total. The summed E-state index contributed by atoms with van der Waals surface area (Å²) in [6.07, 6.45) is 0. The van der Waals surface area contributed by atoms with Crippen molar-refractivity contribution >= 4 is 23.5 Å². The highest BCUT2D eigenvalue weighted by Gasteiger charge is 2.10. The average Bonchev–Trinajstić information content (AvgIpc) is 2.64. The molecule has 16 heavy (non-hydrogen) atoms. The number of carbonyl (C=O) groups excluding carboxylic acids is 1. The fourth-order valence-corrected chi connectivity index (χ4v) is 1.26. The number of carbonyl (C=O) groups is 1. The van der Waals surface area contributed by atoms with Crippen LogP contribution in [0.3, 0.4) is 0 Å². The first kappa shape index (κ1) is 10.6. The van der Waals surface area contributed by atoms with E-state index in [0.29, 0.717) is 5.82 Å². The van der Waals surface area contributed by atoms with Gasteiger partial charge in [0.2, 0.25) is 5.95 Å². The quantitative estimate of drug-likeness (QED) is 0.774. The summed E-state index contributed by atoms with van der Waals surface area (Å²) in [5.74, 6) is 0.431. The average molecular weight is 238 g/mol. The van der Waals surface area contributed by atoms with Crippen LogP contribution >= 0.6 is 11.6 Å². The van der Waals surface area contributed by atoms with Crippen LogP contribution in [0.2, 0.25) is 5.15 Å². The third kappa shape index (κ3) is 2.34. The Morgan fingerprint density at radius 3 is 2.88 bits per heavy atom. The zero-order valence-corrected chi connectivity index (χ0v) is 9.12. The molecule has 0 aliphatic rings. The molecule has 2 aromatic rings. The Balaban J connectivity index is 2.14. The fraction of sp³-hybridized carbons (Fsp3) is 0.111. The van der Waals surface area contributed by atoms with Gasteiger partial charge in [0.05, 0.1) is 0 Å². The molecular formula is C9H8ClN5O. The Kier molecular flexibility index (Phi) is 2.82. The van der Waals surface area contributed by atoms with Gasteiger partial charge >= 0.3 is 0 Å². The molecular weight excluding hydrogens is 230 g/mol. The molecule has 0 aliphatic heterocycles. The van der Waals surface area contributed by atoms with Crippen molar-refractivity contribution in [3.05, 3.63) is 34.9 Å². The Morgan fingerprint density at radius 2 is 2.25 bits per heavy atom. The number of amides is 1. The van der Waals surface area contributed by atoms with Crippen LogP contribution in [-0.2, 0) is 0 Å². The lowest BCUT2D eigenvalue weighted by molar-refractivity contribution is 0.102. The first-order valence-electron chi connectivity index (χ1n) is 4.48. The zero-order chi connectivity index (χ0) is 11.5. The second-order valence-electron chi connectivity index (χ2n) is 3.04. The van der Waals surface area contributed by atoms with Gasteiger partial charge in [-0.2, -0.15) is 4.98 Å². The molecule has 0 fully saturated rings. The van der Waals surface area contributed by atoms with Crippen molar-refractivity contribution in [2.75, 3.05) is 5.32 Å². The van der Waals surface area contributed by atoms with Crippen LogP contribution in [-0.4, -0.2) is 26.1 Å². The summed E-state index contributed by atoms with van der Waals surface area (Å²) in [6.45, 7) is 1.74. The van der Waals surface area contributed by atoms with Gasteiger partial charge in [0.25, 0.3) is 5.91 Å². The van der Waals surface area contributed by atoms with E-state index in [1.54, 1.807) is 25.1 Å². The van der Waals surface area contributed by atoms with Gasteiger partial charge in [-0.15, -0.1) is 5.10 Å². The molecule has 0 spiro atoms. The summed E-state index contributed by atoms with van der Waals surface area (Å²) in [5.41, 5.74) is 0.218. The number of anilines is 1. The van der Waals surface area contributed by atoms with Gasteiger partial charge in [-0.05, 0) is 19.1 Å². The van der Waals surface area contributed by atoms with Crippen molar-refractivity contribution in [2.24, 2.45) is 0 Å². The second-order valence-corrected chi connectivity index (χ2v) is 3.43. The summed E-state index contributed by atoms with van der Waals surface area (Å²) in [7, 11) is 0. The minimum atomic E-state index is -0.401. The van der Waals surface area contributed by atoms with E-state index >= 15 is 0 Å². The van der Waals surface area contributed by atoms with E-state index in [0.717, 1.165) is 0 Å². The molecule has 0 saturated carbocycles. The van der Waals surface area contributed by atoms with Crippen LogP contribution in [0.5, 0.6) is 0 Å². The van der Waals surface area contributed by atoms with E-state index in [1.165, 1.54) is 0 Å². The molecule has 0 radical (unpaired) electrons. The van der Waals surface area contributed by atoms with Crippen molar-refractivity contribution in [3.8, 4) is 0 Å². The lowest BCUT2D eigenvalue weighted by atomic mass is 10.3. The van der Waals surface area contributed by atoms with Crippen LogP contribution in [0.15, 0.2) is 18.2 Å². The number of aromatic amines is 1. The molecule has 2 heterocycles. The lowest BCUT2D eigenvalue weighted by Gasteiger charge is -1.99. The predicted octanol–water partition coefficient (Wildman–Crippen LogP) is 1.41. The van der Waals surface area contributed by atoms with Crippen LogP contribution < -0.4 is 5.32 Å². The zero-order valence-electron chi connectivity index (χ0n) is 8.36. The van der Waals surface area contributed by atoms with Gasteiger partial charge in [0, 0.05) is 0 Å². The Hall–Kier alpha value is -1.95. The maximum absolute atomic E-state index is 11.6. The summed E-state index contributed by atoms with van der Waals surface area (Å²) < 4.78 is 0. The van der Waals surface area contributed by atoms with E-state index in [9.17, 15) is 4.79 Å². The van der Waals surface area contributed by atoms with Crippen LogP contribution in [0.1, 0.15) is 16.3 Å². The standard InChI is InChI=1S/C9H8ClN5O/c1-5-11-9(15-14-5)13-8(16)6-3-2-4-7(10)12-6/h2-4H,1H3,(H2,11,13,14,15,16). The smallest absolute Gasteiger partial charge is 0.276 e. The van der Waals surface area contributed by atoms with Gasteiger partial charge in [0.15, 0.2) is 0 Å². The van der Waals surface area contributed by atoms with Gasteiger partial charge in [0.1, 0.15) is 16.7 Å². The predicted molar refractivity (Wildman–Crippen MR) is 58.3 cm³/mol. The summed E-state index contributed by atoms with van der Waals surface area (Å²) in [5, 5.41) is 9.14. The van der Waals surface area contributed by atoms with Crippen molar-refractivity contribution in [1.82, 2.24) is 20.2 Å². The molecule has 0 atom stereocenters. The highest BCUT2D eigenvalue weighted by molar-refractivity contribution is 6.29. The molecule has 0 saturated heterocycles. The third-order valence-corrected chi connectivity index (χ3v) is 1.98.